The predicted octanol–water partition coefficient (Wildman–Crippen LogP) is 2.19. The minimum absolute atomic E-state index is 0. The van der Waals surface area contributed by atoms with Crippen LogP contribution in [0.3, 0.4) is 0 Å². The zero-order valence-corrected chi connectivity index (χ0v) is 21.8. The molecule has 1 aromatic carbocycles. The molecule has 1 spiro atoms. The summed E-state index contributed by atoms with van der Waals surface area (Å²) in [5.41, 5.74) is 2.08. The first kappa shape index (κ1) is 25.6. The molecule has 11 nitrogen and oxygen atoms in total. The van der Waals surface area contributed by atoms with Gasteiger partial charge in [-0.1, -0.05) is 44.2 Å². The van der Waals surface area contributed by atoms with E-state index >= 15 is 0 Å². The van der Waals surface area contributed by atoms with Gasteiger partial charge in [-0.15, -0.1) is 0 Å². The Balaban J connectivity index is 0.000000345. The molecule has 2 aliphatic heterocycles. The lowest BCUT2D eigenvalue weighted by Gasteiger charge is -2.48. The number of aromatic amines is 1. The normalized spacial score (nSPS) is 20.3. The first-order chi connectivity index (χ1) is 18.3. The molecular weight excluding hydrogens is 484 g/mol. The zero-order chi connectivity index (χ0) is 26.8. The molecule has 2 saturated heterocycles. The number of aromatic nitrogens is 5. The number of rotatable bonds is 7. The molecule has 1 aliphatic carbocycles. The number of carbonyl (C=O) groups is 3. The Kier molecular flexibility index (Phi) is 7.00. The van der Waals surface area contributed by atoms with Crippen LogP contribution < -0.4 is 5.32 Å². The van der Waals surface area contributed by atoms with Crippen LogP contribution in [0.25, 0.3) is 0 Å². The number of amides is 3. The van der Waals surface area contributed by atoms with Crippen molar-refractivity contribution in [1.29, 1.82) is 0 Å². The maximum Gasteiger partial charge on any atom is 0.257 e. The SMILES string of the molecule is CC1(C)C[C@@H]1C(=O)N1CC2(CCN(C(=O)c3cnn(Cc4ccccc4)c3)C2)C1.O=CNCc1ncn[nH]1.[HH].[HH]. The summed E-state index contributed by atoms with van der Waals surface area (Å²) in [7, 11) is 0. The van der Waals surface area contributed by atoms with Crippen molar-refractivity contribution < 1.29 is 17.2 Å². The van der Waals surface area contributed by atoms with Crippen LogP contribution in [0.15, 0.2) is 49.1 Å². The number of carbonyl (C=O) groups excluding carboxylic acids is 3. The van der Waals surface area contributed by atoms with Crippen LogP contribution in [0, 0.1) is 16.7 Å². The number of hydrogen-bond donors (Lipinski definition) is 2. The Morgan fingerprint density at radius 3 is 2.58 bits per heavy atom. The molecule has 3 aliphatic rings. The van der Waals surface area contributed by atoms with Crippen LogP contribution in [-0.4, -0.2) is 79.2 Å². The van der Waals surface area contributed by atoms with Crippen LogP contribution in [0.5, 0.6) is 0 Å². The third-order valence-electron chi connectivity index (χ3n) is 7.79. The number of benzene rings is 1. The summed E-state index contributed by atoms with van der Waals surface area (Å²) in [6.45, 7) is 8.51. The van der Waals surface area contributed by atoms with Crippen molar-refractivity contribution in [2.24, 2.45) is 16.7 Å². The van der Waals surface area contributed by atoms with E-state index in [0.717, 1.165) is 44.6 Å². The van der Waals surface area contributed by atoms with Crippen molar-refractivity contribution in [2.45, 2.75) is 39.8 Å². The van der Waals surface area contributed by atoms with E-state index in [1.54, 1.807) is 6.20 Å². The minimum Gasteiger partial charge on any atom is -0.351 e. The fourth-order valence-electron chi connectivity index (χ4n) is 5.36. The molecule has 6 rings (SSSR count). The van der Waals surface area contributed by atoms with Gasteiger partial charge in [-0.05, 0) is 23.8 Å². The second kappa shape index (κ2) is 10.4. The van der Waals surface area contributed by atoms with Crippen LogP contribution in [0.2, 0.25) is 0 Å². The Bertz CT molecular complexity index is 1280. The van der Waals surface area contributed by atoms with Gasteiger partial charge in [0.2, 0.25) is 12.3 Å². The van der Waals surface area contributed by atoms with Crippen molar-refractivity contribution in [1.82, 2.24) is 40.1 Å². The predicted molar refractivity (Wildman–Crippen MR) is 143 cm³/mol. The lowest BCUT2D eigenvalue weighted by molar-refractivity contribution is -0.144. The van der Waals surface area contributed by atoms with E-state index in [1.165, 1.54) is 6.33 Å². The quantitative estimate of drug-likeness (QED) is 0.458. The molecule has 38 heavy (non-hydrogen) atoms. The third-order valence-corrected chi connectivity index (χ3v) is 7.79. The highest BCUT2D eigenvalue weighted by molar-refractivity contribution is 5.94. The summed E-state index contributed by atoms with van der Waals surface area (Å²) in [6.07, 6.45) is 7.50. The fraction of sp³-hybridized carbons (Fsp3) is 0.481. The lowest BCUT2D eigenvalue weighted by atomic mass is 9.78. The van der Waals surface area contributed by atoms with E-state index in [1.807, 2.05) is 38.9 Å². The molecule has 2 aromatic heterocycles. The fourth-order valence-corrected chi connectivity index (χ4v) is 5.36. The number of nitrogens with zero attached hydrogens (tertiary/aromatic N) is 6. The van der Waals surface area contributed by atoms with Crippen molar-refractivity contribution in [3.8, 4) is 0 Å². The molecule has 204 valence electrons. The molecule has 3 aromatic rings. The number of H-pyrrole nitrogens is 1. The van der Waals surface area contributed by atoms with Gasteiger partial charge in [-0.25, -0.2) is 4.98 Å². The van der Waals surface area contributed by atoms with E-state index < -0.39 is 0 Å². The van der Waals surface area contributed by atoms with Crippen molar-refractivity contribution in [3.05, 3.63) is 66.0 Å². The van der Waals surface area contributed by atoms with Crippen LogP contribution >= 0.6 is 0 Å². The first-order valence-corrected chi connectivity index (χ1v) is 12.9. The van der Waals surface area contributed by atoms with Crippen LogP contribution in [0.4, 0.5) is 0 Å². The summed E-state index contributed by atoms with van der Waals surface area (Å²) in [6, 6.07) is 10.1. The number of hydrogen-bond acceptors (Lipinski definition) is 6. The van der Waals surface area contributed by atoms with Gasteiger partial charge in [0.1, 0.15) is 12.2 Å². The maximum atomic E-state index is 13.0. The third kappa shape index (κ3) is 5.61. The van der Waals surface area contributed by atoms with Crippen molar-refractivity contribution in [2.75, 3.05) is 26.2 Å². The molecule has 0 unspecified atom stereocenters. The second-order valence-electron chi connectivity index (χ2n) is 11.3. The molecule has 0 bridgehead atoms. The van der Waals surface area contributed by atoms with Gasteiger partial charge in [-0.3, -0.25) is 24.2 Å². The molecule has 0 radical (unpaired) electrons. The summed E-state index contributed by atoms with van der Waals surface area (Å²) in [5.74, 6) is 1.22. The molecule has 3 amide bonds. The maximum absolute atomic E-state index is 13.0. The Hall–Kier alpha value is -4.02. The van der Waals surface area contributed by atoms with Gasteiger partial charge in [0.25, 0.3) is 5.91 Å². The van der Waals surface area contributed by atoms with Crippen molar-refractivity contribution >= 4 is 18.2 Å². The molecule has 1 saturated carbocycles. The number of nitrogens with one attached hydrogen (secondary N) is 2. The van der Waals surface area contributed by atoms with Gasteiger partial charge in [0, 0.05) is 46.6 Å². The van der Waals surface area contributed by atoms with Crippen molar-refractivity contribution in [3.63, 3.8) is 0 Å². The zero-order valence-electron chi connectivity index (χ0n) is 21.8. The summed E-state index contributed by atoms with van der Waals surface area (Å²) >= 11 is 0. The van der Waals surface area contributed by atoms with E-state index in [2.05, 4.69) is 51.6 Å². The van der Waals surface area contributed by atoms with E-state index in [-0.39, 0.29) is 25.5 Å². The highest BCUT2D eigenvalue weighted by atomic mass is 16.2. The Morgan fingerprint density at radius 2 is 1.92 bits per heavy atom. The van der Waals surface area contributed by atoms with Crippen LogP contribution in [0.1, 0.15) is 51.3 Å². The van der Waals surface area contributed by atoms with Gasteiger partial charge < -0.3 is 15.1 Å². The summed E-state index contributed by atoms with van der Waals surface area (Å²) < 4.78 is 1.82. The summed E-state index contributed by atoms with van der Waals surface area (Å²) in [5, 5.41) is 13.0. The smallest absolute Gasteiger partial charge is 0.257 e. The highest BCUT2D eigenvalue weighted by Crippen LogP contribution is 2.54. The molecule has 2 N–H and O–H groups in total. The highest BCUT2D eigenvalue weighted by Gasteiger charge is 2.57. The largest absolute Gasteiger partial charge is 0.351 e. The standard InChI is InChI=1S/C23H28N4O2.C4H6N4O.2H2/c1-22(2)10-19(22)21(29)26-15-23(16-26)8-9-25(14-23)20(28)18-11-24-27(13-18)12-17-6-4-3-5-7-17;9-3-5-1-4-6-2-7-8-4;;/h3-7,11,13,19H,8-10,12,14-16H2,1-2H3;2-3H,1H2,(H,5,9)(H,6,7,8);2*1H/t19-;;;/m1.../s1. The monoisotopic (exact) mass is 522 g/mol. The minimum atomic E-state index is 0. The topological polar surface area (TPSA) is 129 Å². The molecule has 3 fully saturated rings. The Labute approximate surface area is 224 Å². The summed E-state index contributed by atoms with van der Waals surface area (Å²) in [4.78, 5) is 43.0. The first-order valence-electron chi connectivity index (χ1n) is 12.9. The average molecular weight is 523 g/mol. The average Bonchev–Trinajstić information content (AvgIpc) is 3.42. The molecule has 11 heteroatoms. The van der Waals surface area contributed by atoms with Crippen LogP contribution in [-0.2, 0) is 22.7 Å². The molecular formula is C27H38N8O3. The van der Waals surface area contributed by atoms with Gasteiger partial charge in [0.05, 0.1) is 24.8 Å². The van der Waals surface area contributed by atoms with Gasteiger partial charge in [0.15, 0.2) is 0 Å². The lowest BCUT2D eigenvalue weighted by Crippen LogP contribution is -2.60. The Morgan fingerprint density at radius 1 is 1.18 bits per heavy atom. The van der Waals surface area contributed by atoms with E-state index in [9.17, 15) is 14.4 Å². The van der Waals surface area contributed by atoms with E-state index in [4.69, 9.17) is 0 Å². The molecule has 4 heterocycles. The second-order valence-corrected chi connectivity index (χ2v) is 11.3. The van der Waals surface area contributed by atoms with E-state index in [0.29, 0.717) is 36.8 Å². The van der Waals surface area contributed by atoms with Gasteiger partial charge in [-0.2, -0.15) is 10.2 Å². The molecule has 1 atom stereocenters. The van der Waals surface area contributed by atoms with Gasteiger partial charge >= 0.3 is 0 Å². The number of likely N-dealkylation sites (tertiary alicyclic amines) is 2.